The minimum Gasteiger partial charge on any atom is -0.461 e. The van der Waals surface area contributed by atoms with Gasteiger partial charge in [0.1, 0.15) is 0 Å². The standard InChI is InChI=1S/C16H16ClN5O2S/c17-12-4-1-3-11(9-12)6-7-19-14(23)10-25-16-21-20-15(22(16)18)13-5-2-8-24-13/h1-5,8-9H,6-7,10,18H2,(H,19,23). The van der Waals surface area contributed by atoms with Crippen molar-refractivity contribution in [3.63, 3.8) is 0 Å². The molecule has 0 bridgehead atoms. The molecule has 7 nitrogen and oxygen atoms in total. The van der Waals surface area contributed by atoms with Crippen LogP contribution in [-0.4, -0.2) is 33.1 Å². The van der Waals surface area contributed by atoms with Crippen LogP contribution in [0, 0.1) is 0 Å². The number of nitrogen functional groups attached to an aromatic ring is 1. The van der Waals surface area contributed by atoms with Crippen LogP contribution in [0.5, 0.6) is 0 Å². The number of nitrogens with zero attached hydrogens (tertiary/aromatic N) is 3. The molecule has 0 unspecified atom stereocenters. The number of hydrogen-bond donors (Lipinski definition) is 2. The lowest BCUT2D eigenvalue weighted by molar-refractivity contribution is -0.118. The molecule has 1 amide bonds. The van der Waals surface area contributed by atoms with Crippen LogP contribution in [0.3, 0.4) is 0 Å². The van der Waals surface area contributed by atoms with E-state index in [-0.39, 0.29) is 11.7 Å². The summed E-state index contributed by atoms with van der Waals surface area (Å²) in [7, 11) is 0. The molecular weight excluding hydrogens is 362 g/mol. The van der Waals surface area contributed by atoms with E-state index in [1.54, 1.807) is 12.1 Å². The molecule has 9 heteroatoms. The van der Waals surface area contributed by atoms with Crippen LogP contribution in [-0.2, 0) is 11.2 Å². The Kier molecular flexibility index (Phi) is 5.62. The lowest BCUT2D eigenvalue weighted by Gasteiger charge is -2.05. The van der Waals surface area contributed by atoms with Crippen LogP contribution in [0.25, 0.3) is 11.6 Å². The monoisotopic (exact) mass is 377 g/mol. The predicted octanol–water partition coefficient (Wildman–Crippen LogP) is 2.36. The van der Waals surface area contributed by atoms with Crippen molar-refractivity contribution in [2.75, 3.05) is 18.1 Å². The smallest absolute Gasteiger partial charge is 0.230 e. The molecule has 0 atom stereocenters. The van der Waals surface area contributed by atoms with E-state index in [4.69, 9.17) is 21.9 Å². The van der Waals surface area contributed by atoms with Crippen molar-refractivity contribution in [1.82, 2.24) is 20.2 Å². The number of carbonyl (C=O) groups excluding carboxylic acids is 1. The Bertz CT molecular complexity index is 850. The lowest BCUT2D eigenvalue weighted by atomic mass is 10.1. The number of thioether (sulfide) groups is 1. The summed E-state index contributed by atoms with van der Waals surface area (Å²) in [6.07, 6.45) is 2.25. The number of nitrogens with one attached hydrogen (secondary N) is 1. The van der Waals surface area contributed by atoms with Crippen LogP contribution < -0.4 is 11.2 Å². The van der Waals surface area contributed by atoms with E-state index >= 15 is 0 Å². The van der Waals surface area contributed by atoms with Crippen LogP contribution in [0.2, 0.25) is 5.02 Å². The molecule has 0 spiro atoms. The molecule has 0 fully saturated rings. The number of halogens is 1. The molecule has 3 rings (SSSR count). The molecule has 3 aromatic rings. The quantitative estimate of drug-likeness (QED) is 0.484. The van der Waals surface area contributed by atoms with E-state index in [1.165, 1.54) is 22.7 Å². The fourth-order valence-electron chi connectivity index (χ4n) is 2.17. The van der Waals surface area contributed by atoms with Gasteiger partial charge in [-0.3, -0.25) is 4.79 Å². The maximum Gasteiger partial charge on any atom is 0.230 e. The highest BCUT2D eigenvalue weighted by atomic mass is 35.5. The van der Waals surface area contributed by atoms with Gasteiger partial charge in [-0.25, -0.2) is 4.68 Å². The number of nitrogens with two attached hydrogens (primary N) is 1. The van der Waals surface area contributed by atoms with Crippen molar-refractivity contribution < 1.29 is 9.21 Å². The van der Waals surface area contributed by atoms with Gasteiger partial charge in [-0.05, 0) is 36.2 Å². The Morgan fingerprint density at radius 2 is 2.20 bits per heavy atom. The second-order valence-electron chi connectivity index (χ2n) is 5.17. The number of furan rings is 1. The van der Waals surface area contributed by atoms with Gasteiger partial charge in [-0.2, -0.15) is 0 Å². The third kappa shape index (κ3) is 4.55. The van der Waals surface area contributed by atoms with E-state index in [0.717, 1.165) is 5.56 Å². The number of aromatic nitrogens is 3. The minimum atomic E-state index is -0.102. The Hall–Kier alpha value is -2.45. The van der Waals surface area contributed by atoms with E-state index in [9.17, 15) is 4.79 Å². The summed E-state index contributed by atoms with van der Waals surface area (Å²) in [6.45, 7) is 0.534. The van der Waals surface area contributed by atoms with E-state index in [1.807, 2.05) is 24.3 Å². The molecule has 0 saturated heterocycles. The zero-order chi connectivity index (χ0) is 17.6. The summed E-state index contributed by atoms with van der Waals surface area (Å²) < 4.78 is 6.55. The summed E-state index contributed by atoms with van der Waals surface area (Å²) in [5, 5.41) is 11.9. The topological polar surface area (TPSA) is 99.0 Å². The predicted molar refractivity (Wildman–Crippen MR) is 96.8 cm³/mol. The van der Waals surface area contributed by atoms with Crippen molar-refractivity contribution in [2.45, 2.75) is 11.6 Å². The number of amides is 1. The zero-order valence-electron chi connectivity index (χ0n) is 13.2. The molecule has 0 saturated carbocycles. The summed E-state index contributed by atoms with van der Waals surface area (Å²) in [6, 6.07) is 11.0. The highest BCUT2D eigenvalue weighted by Crippen LogP contribution is 2.21. The second-order valence-corrected chi connectivity index (χ2v) is 6.55. The summed E-state index contributed by atoms with van der Waals surface area (Å²) >= 11 is 7.14. The van der Waals surface area contributed by atoms with Crippen molar-refractivity contribution in [3.05, 3.63) is 53.2 Å². The molecule has 2 aromatic heterocycles. The SMILES string of the molecule is Nn1c(SCC(=O)NCCc2cccc(Cl)c2)nnc1-c1ccco1. The summed E-state index contributed by atoms with van der Waals surface area (Å²) in [5.41, 5.74) is 1.07. The molecule has 1 aromatic carbocycles. The lowest BCUT2D eigenvalue weighted by Crippen LogP contribution is -2.27. The van der Waals surface area contributed by atoms with Crippen molar-refractivity contribution >= 4 is 29.3 Å². The van der Waals surface area contributed by atoms with Gasteiger partial charge in [-0.15, -0.1) is 10.2 Å². The molecule has 0 radical (unpaired) electrons. The number of carbonyl (C=O) groups is 1. The first-order valence-electron chi connectivity index (χ1n) is 7.52. The average Bonchev–Trinajstić information content (AvgIpc) is 3.23. The van der Waals surface area contributed by atoms with Gasteiger partial charge < -0.3 is 15.6 Å². The van der Waals surface area contributed by atoms with Crippen molar-refractivity contribution in [2.24, 2.45) is 0 Å². The Balaban J connectivity index is 1.46. The maximum atomic E-state index is 11.9. The fourth-order valence-corrected chi connectivity index (χ4v) is 3.07. The molecule has 130 valence electrons. The first-order valence-corrected chi connectivity index (χ1v) is 8.88. The van der Waals surface area contributed by atoms with Gasteiger partial charge in [0.25, 0.3) is 0 Å². The summed E-state index contributed by atoms with van der Waals surface area (Å²) in [4.78, 5) is 11.9. The van der Waals surface area contributed by atoms with E-state index < -0.39 is 0 Å². The highest BCUT2D eigenvalue weighted by Gasteiger charge is 2.15. The highest BCUT2D eigenvalue weighted by molar-refractivity contribution is 7.99. The van der Waals surface area contributed by atoms with Crippen molar-refractivity contribution in [1.29, 1.82) is 0 Å². The third-order valence-electron chi connectivity index (χ3n) is 3.36. The Labute approximate surface area is 153 Å². The Morgan fingerprint density at radius 3 is 2.96 bits per heavy atom. The van der Waals surface area contributed by atoms with Crippen LogP contribution in [0.4, 0.5) is 0 Å². The molecule has 2 heterocycles. The first-order chi connectivity index (χ1) is 12.1. The van der Waals surface area contributed by atoms with Gasteiger partial charge in [-0.1, -0.05) is 35.5 Å². The largest absolute Gasteiger partial charge is 0.461 e. The van der Waals surface area contributed by atoms with Crippen molar-refractivity contribution in [3.8, 4) is 11.6 Å². The maximum absolute atomic E-state index is 11.9. The molecule has 25 heavy (non-hydrogen) atoms. The van der Waals surface area contributed by atoms with E-state index in [0.29, 0.717) is 34.7 Å². The second kappa shape index (κ2) is 8.09. The number of rotatable bonds is 7. The normalized spacial score (nSPS) is 10.8. The molecule has 0 aliphatic carbocycles. The number of benzene rings is 1. The van der Waals surface area contributed by atoms with Gasteiger partial charge in [0.2, 0.25) is 16.9 Å². The van der Waals surface area contributed by atoms with Crippen LogP contribution >= 0.6 is 23.4 Å². The van der Waals surface area contributed by atoms with Crippen LogP contribution in [0.15, 0.2) is 52.2 Å². The molecule has 3 N–H and O–H groups in total. The molecular formula is C16H16ClN5O2S. The zero-order valence-corrected chi connectivity index (χ0v) is 14.8. The van der Waals surface area contributed by atoms with Gasteiger partial charge in [0, 0.05) is 11.6 Å². The molecule has 0 aliphatic heterocycles. The van der Waals surface area contributed by atoms with Gasteiger partial charge >= 0.3 is 0 Å². The van der Waals surface area contributed by atoms with Crippen LogP contribution in [0.1, 0.15) is 5.56 Å². The third-order valence-corrected chi connectivity index (χ3v) is 4.54. The summed E-state index contributed by atoms with van der Waals surface area (Å²) in [5.74, 6) is 6.96. The Morgan fingerprint density at radius 1 is 1.32 bits per heavy atom. The first kappa shape index (κ1) is 17.4. The fraction of sp³-hybridized carbons (Fsp3) is 0.188. The molecule has 0 aliphatic rings. The minimum absolute atomic E-state index is 0.102. The van der Waals surface area contributed by atoms with E-state index in [2.05, 4.69) is 15.5 Å². The van der Waals surface area contributed by atoms with Gasteiger partial charge in [0.15, 0.2) is 5.76 Å². The number of hydrogen-bond acceptors (Lipinski definition) is 6. The van der Waals surface area contributed by atoms with Gasteiger partial charge in [0.05, 0.1) is 12.0 Å². The average molecular weight is 378 g/mol.